The number of nitriles is 1. The summed E-state index contributed by atoms with van der Waals surface area (Å²) in [6.45, 7) is 1.81. The van der Waals surface area contributed by atoms with Crippen molar-refractivity contribution in [1.82, 2.24) is 10.9 Å². The van der Waals surface area contributed by atoms with Crippen molar-refractivity contribution in [2.24, 2.45) is 0 Å². The molecule has 0 atom stereocenters. The number of hydrazine groups is 1. The highest BCUT2D eigenvalue weighted by Crippen LogP contribution is 2.16. The van der Waals surface area contributed by atoms with Gasteiger partial charge in [0, 0.05) is 5.69 Å². The lowest BCUT2D eigenvalue weighted by Gasteiger charge is -2.14. The van der Waals surface area contributed by atoms with E-state index in [1.807, 2.05) is 30.3 Å². The second kappa shape index (κ2) is 9.25. The number of nitrogens with one attached hydrogen (secondary N) is 3. The average Bonchev–Trinajstić information content (AvgIpc) is 2.65. The summed E-state index contributed by atoms with van der Waals surface area (Å²) in [6, 6.07) is 16.5. The van der Waals surface area contributed by atoms with Gasteiger partial charge in [0.1, 0.15) is 11.8 Å². The molecule has 2 aromatic carbocycles. The minimum absolute atomic E-state index is 0.236. The van der Waals surface area contributed by atoms with Crippen LogP contribution in [-0.2, 0) is 11.2 Å². The predicted octanol–water partition coefficient (Wildman–Crippen LogP) is 2.52. The molecular formula is C18H18N4O2S. The summed E-state index contributed by atoms with van der Waals surface area (Å²) in [6.07, 6.45) is 0.865. The molecule has 0 aliphatic rings. The number of ether oxygens (including phenoxy) is 1. The Morgan fingerprint density at radius 2 is 1.88 bits per heavy atom. The molecule has 128 valence electrons. The molecule has 2 rings (SSSR count). The first-order chi connectivity index (χ1) is 12.1. The van der Waals surface area contributed by atoms with Crippen molar-refractivity contribution in [1.29, 1.82) is 5.26 Å². The van der Waals surface area contributed by atoms with Gasteiger partial charge in [0.2, 0.25) is 0 Å². The molecule has 25 heavy (non-hydrogen) atoms. The SMILES string of the molecule is CCc1ccccc1NC(=S)NNC(=O)COc1ccccc1C#N. The van der Waals surface area contributed by atoms with Crippen LogP contribution in [0.4, 0.5) is 5.69 Å². The molecule has 3 N–H and O–H groups in total. The summed E-state index contributed by atoms with van der Waals surface area (Å²) in [5, 5.41) is 12.3. The third-order valence-corrected chi connectivity index (χ3v) is 3.53. The van der Waals surface area contributed by atoms with E-state index in [1.54, 1.807) is 24.3 Å². The summed E-state index contributed by atoms with van der Waals surface area (Å²) in [7, 11) is 0. The average molecular weight is 354 g/mol. The number of carbonyl (C=O) groups excluding carboxylic acids is 1. The van der Waals surface area contributed by atoms with E-state index in [2.05, 4.69) is 23.1 Å². The van der Waals surface area contributed by atoms with Crippen molar-refractivity contribution >= 4 is 28.9 Å². The maximum Gasteiger partial charge on any atom is 0.276 e. The van der Waals surface area contributed by atoms with E-state index < -0.39 is 5.91 Å². The Hall–Kier alpha value is -3.11. The van der Waals surface area contributed by atoms with Crippen molar-refractivity contribution < 1.29 is 9.53 Å². The molecule has 0 aliphatic carbocycles. The van der Waals surface area contributed by atoms with Gasteiger partial charge < -0.3 is 10.1 Å². The number of thiocarbonyl (C=S) groups is 1. The summed E-state index contributed by atoms with van der Waals surface area (Å²) in [4.78, 5) is 11.8. The van der Waals surface area contributed by atoms with Crippen LogP contribution in [0.2, 0.25) is 0 Å². The maximum atomic E-state index is 11.8. The Kier molecular flexibility index (Phi) is 6.75. The number of hydrogen-bond acceptors (Lipinski definition) is 4. The topological polar surface area (TPSA) is 86.2 Å². The van der Waals surface area contributed by atoms with E-state index in [-0.39, 0.29) is 11.7 Å². The first-order valence-corrected chi connectivity index (χ1v) is 8.10. The Labute approximate surface area is 151 Å². The fraction of sp³-hybridized carbons (Fsp3) is 0.167. The van der Waals surface area contributed by atoms with Gasteiger partial charge in [0.15, 0.2) is 11.7 Å². The lowest BCUT2D eigenvalue weighted by molar-refractivity contribution is -0.123. The molecular weight excluding hydrogens is 336 g/mol. The van der Waals surface area contributed by atoms with Crippen molar-refractivity contribution in [3.63, 3.8) is 0 Å². The van der Waals surface area contributed by atoms with Gasteiger partial charge in [-0.15, -0.1) is 0 Å². The van der Waals surface area contributed by atoms with E-state index >= 15 is 0 Å². The van der Waals surface area contributed by atoms with Crippen LogP contribution in [0.1, 0.15) is 18.1 Å². The maximum absolute atomic E-state index is 11.8. The van der Waals surface area contributed by atoms with Crippen molar-refractivity contribution in [2.45, 2.75) is 13.3 Å². The quantitative estimate of drug-likeness (QED) is 0.565. The van der Waals surface area contributed by atoms with Crippen LogP contribution in [-0.4, -0.2) is 17.6 Å². The lowest BCUT2D eigenvalue weighted by atomic mass is 10.1. The molecule has 0 aromatic heterocycles. The Morgan fingerprint density at radius 1 is 1.16 bits per heavy atom. The van der Waals surface area contributed by atoms with Gasteiger partial charge in [-0.05, 0) is 42.4 Å². The van der Waals surface area contributed by atoms with E-state index in [1.165, 1.54) is 0 Å². The monoisotopic (exact) mass is 354 g/mol. The molecule has 0 heterocycles. The van der Waals surface area contributed by atoms with Crippen LogP contribution in [0, 0.1) is 11.3 Å². The van der Waals surface area contributed by atoms with Crippen LogP contribution in [0.15, 0.2) is 48.5 Å². The van der Waals surface area contributed by atoms with E-state index in [0.29, 0.717) is 11.3 Å². The summed E-state index contributed by atoms with van der Waals surface area (Å²) >= 11 is 5.16. The largest absolute Gasteiger partial charge is 0.482 e. The highest BCUT2D eigenvalue weighted by Gasteiger charge is 2.07. The van der Waals surface area contributed by atoms with Gasteiger partial charge in [0.05, 0.1) is 5.56 Å². The fourth-order valence-corrected chi connectivity index (χ4v) is 2.26. The van der Waals surface area contributed by atoms with Gasteiger partial charge in [-0.25, -0.2) is 0 Å². The third-order valence-electron chi connectivity index (χ3n) is 3.33. The third kappa shape index (κ3) is 5.48. The van der Waals surface area contributed by atoms with Gasteiger partial charge in [-0.2, -0.15) is 5.26 Å². The number of aryl methyl sites for hydroxylation is 1. The molecule has 0 saturated carbocycles. The molecule has 0 radical (unpaired) electrons. The zero-order valence-electron chi connectivity index (χ0n) is 13.7. The molecule has 6 nitrogen and oxygen atoms in total. The van der Waals surface area contributed by atoms with Crippen molar-refractivity contribution in [3.05, 3.63) is 59.7 Å². The number of nitrogens with zero attached hydrogens (tertiary/aromatic N) is 1. The number of carbonyl (C=O) groups is 1. The number of anilines is 1. The minimum atomic E-state index is -0.416. The van der Waals surface area contributed by atoms with Gasteiger partial charge in [0.25, 0.3) is 5.91 Å². The number of amides is 1. The highest BCUT2D eigenvalue weighted by atomic mass is 32.1. The van der Waals surface area contributed by atoms with Crippen molar-refractivity contribution in [3.8, 4) is 11.8 Å². The molecule has 0 unspecified atom stereocenters. The number of rotatable bonds is 5. The predicted molar refractivity (Wildman–Crippen MR) is 100.0 cm³/mol. The second-order valence-corrected chi connectivity index (χ2v) is 5.44. The van der Waals surface area contributed by atoms with Crippen LogP contribution in [0.5, 0.6) is 5.75 Å². The summed E-state index contributed by atoms with van der Waals surface area (Å²) < 4.78 is 5.34. The minimum Gasteiger partial charge on any atom is -0.482 e. The molecule has 7 heteroatoms. The first-order valence-electron chi connectivity index (χ1n) is 7.69. The van der Waals surface area contributed by atoms with Crippen LogP contribution < -0.4 is 20.9 Å². The lowest BCUT2D eigenvalue weighted by Crippen LogP contribution is -2.45. The number of benzene rings is 2. The molecule has 0 spiro atoms. The number of para-hydroxylation sites is 2. The second-order valence-electron chi connectivity index (χ2n) is 5.03. The van der Waals surface area contributed by atoms with Crippen LogP contribution in [0.3, 0.4) is 0 Å². The van der Waals surface area contributed by atoms with Crippen LogP contribution in [0.25, 0.3) is 0 Å². The smallest absolute Gasteiger partial charge is 0.276 e. The first kappa shape index (κ1) is 18.2. The van der Waals surface area contributed by atoms with E-state index in [9.17, 15) is 4.79 Å². The molecule has 1 amide bonds. The van der Waals surface area contributed by atoms with Crippen LogP contribution >= 0.6 is 12.2 Å². The molecule has 0 bridgehead atoms. The summed E-state index contributed by atoms with van der Waals surface area (Å²) in [5.41, 5.74) is 7.45. The number of hydrogen-bond donors (Lipinski definition) is 3. The van der Waals surface area contributed by atoms with Crippen molar-refractivity contribution in [2.75, 3.05) is 11.9 Å². The fourth-order valence-electron chi connectivity index (χ4n) is 2.09. The molecule has 2 aromatic rings. The van der Waals surface area contributed by atoms with E-state index in [4.69, 9.17) is 22.2 Å². The van der Waals surface area contributed by atoms with E-state index in [0.717, 1.165) is 17.7 Å². The Balaban J connectivity index is 1.80. The van der Waals surface area contributed by atoms with Gasteiger partial charge >= 0.3 is 0 Å². The zero-order valence-corrected chi connectivity index (χ0v) is 14.5. The normalized spacial score (nSPS) is 9.60. The molecule has 0 fully saturated rings. The molecule has 0 aliphatic heterocycles. The standard InChI is InChI=1S/C18H18N4O2S/c1-2-13-7-3-5-9-15(13)20-18(25)22-21-17(23)12-24-16-10-6-4-8-14(16)11-19/h3-10H,2,12H2,1H3,(H,21,23)(H2,20,22,25). The zero-order chi connectivity index (χ0) is 18.1. The molecule has 0 saturated heterocycles. The Morgan fingerprint density at radius 3 is 2.64 bits per heavy atom. The summed E-state index contributed by atoms with van der Waals surface area (Å²) in [5.74, 6) is -0.0570. The van der Waals surface area contributed by atoms with Gasteiger partial charge in [-0.1, -0.05) is 37.3 Å². The highest BCUT2D eigenvalue weighted by molar-refractivity contribution is 7.80. The van der Waals surface area contributed by atoms with Gasteiger partial charge in [-0.3, -0.25) is 15.6 Å². The Bertz CT molecular complexity index is 802.